The SMILES string of the molecule is C=CCn1c(C)cc(C(=O)Cn2cnc3c(cnn3-c3cc(C)cc(C)c3)c2=O)c1C. The summed E-state index contributed by atoms with van der Waals surface area (Å²) >= 11 is 0. The summed E-state index contributed by atoms with van der Waals surface area (Å²) in [5.74, 6) is -0.131. The van der Waals surface area contributed by atoms with Crippen LogP contribution in [0.3, 0.4) is 0 Å². The largest absolute Gasteiger partial charge is 0.345 e. The number of hydrogen-bond donors (Lipinski definition) is 0. The number of aryl methyl sites for hydroxylation is 3. The maximum absolute atomic E-state index is 13.0. The topological polar surface area (TPSA) is 74.7 Å². The third-order valence-electron chi connectivity index (χ3n) is 5.51. The van der Waals surface area contributed by atoms with Crippen molar-refractivity contribution < 1.29 is 4.79 Å². The van der Waals surface area contributed by atoms with E-state index in [1.54, 1.807) is 10.8 Å². The van der Waals surface area contributed by atoms with Crippen LogP contribution in [0.15, 0.2) is 54.2 Å². The molecule has 0 atom stereocenters. The van der Waals surface area contributed by atoms with E-state index in [2.05, 4.69) is 22.7 Å². The Balaban J connectivity index is 1.70. The van der Waals surface area contributed by atoms with Crippen molar-refractivity contribution in [2.24, 2.45) is 0 Å². The van der Waals surface area contributed by atoms with Gasteiger partial charge in [0.25, 0.3) is 5.56 Å². The van der Waals surface area contributed by atoms with E-state index in [0.717, 1.165) is 28.2 Å². The molecule has 3 heterocycles. The summed E-state index contributed by atoms with van der Waals surface area (Å²) in [5, 5.41) is 4.76. The minimum atomic E-state index is -0.283. The van der Waals surface area contributed by atoms with E-state index in [1.165, 1.54) is 17.1 Å². The molecule has 0 aliphatic carbocycles. The number of allylic oxidation sites excluding steroid dienone is 1. The van der Waals surface area contributed by atoms with Crippen LogP contribution in [-0.4, -0.2) is 29.7 Å². The zero-order chi connectivity index (χ0) is 22.3. The number of carbonyl (C=O) groups is 1. The third kappa shape index (κ3) is 3.63. The lowest BCUT2D eigenvalue weighted by Gasteiger charge is -2.08. The van der Waals surface area contributed by atoms with Gasteiger partial charge in [0.15, 0.2) is 11.4 Å². The molecule has 0 spiro atoms. The van der Waals surface area contributed by atoms with Crippen LogP contribution in [0, 0.1) is 27.7 Å². The Kier molecular flexibility index (Phi) is 5.19. The van der Waals surface area contributed by atoms with Crippen molar-refractivity contribution in [2.45, 2.75) is 40.8 Å². The number of carbonyl (C=O) groups excluding carboxylic acids is 1. The molecule has 0 unspecified atom stereocenters. The number of fused-ring (bicyclic) bond motifs is 1. The second-order valence-corrected chi connectivity index (χ2v) is 7.92. The van der Waals surface area contributed by atoms with Crippen LogP contribution in [0.2, 0.25) is 0 Å². The lowest BCUT2D eigenvalue weighted by Crippen LogP contribution is -2.25. The predicted octanol–water partition coefficient (Wildman–Crippen LogP) is 3.69. The Morgan fingerprint density at radius 2 is 1.81 bits per heavy atom. The Labute approximate surface area is 180 Å². The van der Waals surface area contributed by atoms with Crippen LogP contribution in [0.25, 0.3) is 16.7 Å². The average molecular weight is 415 g/mol. The molecule has 3 aromatic heterocycles. The van der Waals surface area contributed by atoms with Crippen LogP contribution < -0.4 is 5.56 Å². The summed E-state index contributed by atoms with van der Waals surface area (Å²) < 4.78 is 5.03. The lowest BCUT2D eigenvalue weighted by atomic mass is 10.1. The van der Waals surface area contributed by atoms with Gasteiger partial charge in [0.05, 0.1) is 18.4 Å². The van der Waals surface area contributed by atoms with Crippen LogP contribution in [0.5, 0.6) is 0 Å². The standard InChI is InChI=1S/C24H25N5O2/c1-6-7-28-17(4)11-20(18(28)5)22(30)13-27-14-25-23-21(24(27)31)12-26-29(23)19-9-15(2)8-16(3)10-19/h6,8-12,14H,1,7,13H2,2-5H3. The second kappa shape index (κ2) is 7.83. The molecular formula is C24H25N5O2. The Morgan fingerprint density at radius 3 is 2.48 bits per heavy atom. The molecule has 0 saturated heterocycles. The summed E-state index contributed by atoms with van der Waals surface area (Å²) in [6, 6.07) is 7.92. The van der Waals surface area contributed by atoms with E-state index in [0.29, 0.717) is 23.1 Å². The molecular weight excluding hydrogens is 390 g/mol. The minimum Gasteiger partial charge on any atom is -0.345 e. The molecule has 0 aliphatic rings. The average Bonchev–Trinajstić information content (AvgIpc) is 3.26. The number of nitrogens with zero attached hydrogens (tertiary/aromatic N) is 5. The maximum Gasteiger partial charge on any atom is 0.264 e. The first-order chi connectivity index (χ1) is 14.8. The smallest absolute Gasteiger partial charge is 0.264 e. The first kappa shape index (κ1) is 20.5. The van der Waals surface area contributed by atoms with Crippen molar-refractivity contribution in [1.82, 2.24) is 23.9 Å². The van der Waals surface area contributed by atoms with E-state index in [-0.39, 0.29) is 17.9 Å². The van der Waals surface area contributed by atoms with Crippen LogP contribution >= 0.6 is 0 Å². The summed E-state index contributed by atoms with van der Waals surface area (Å²) in [6.07, 6.45) is 4.73. The molecule has 0 fully saturated rings. The Bertz CT molecular complexity index is 1370. The normalized spacial score (nSPS) is 11.2. The first-order valence-corrected chi connectivity index (χ1v) is 10.1. The van der Waals surface area contributed by atoms with Gasteiger partial charge < -0.3 is 4.57 Å². The fraction of sp³-hybridized carbons (Fsp3) is 0.250. The van der Waals surface area contributed by atoms with E-state index < -0.39 is 0 Å². The monoisotopic (exact) mass is 415 g/mol. The summed E-state index contributed by atoms with van der Waals surface area (Å²) in [4.78, 5) is 30.4. The molecule has 0 amide bonds. The molecule has 1 aromatic carbocycles. The van der Waals surface area contributed by atoms with Gasteiger partial charge >= 0.3 is 0 Å². The molecule has 7 nitrogen and oxygen atoms in total. The zero-order valence-electron chi connectivity index (χ0n) is 18.2. The Hall–Kier alpha value is -3.74. The lowest BCUT2D eigenvalue weighted by molar-refractivity contribution is 0.0970. The van der Waals surface area contributed by atoms with Crippen molar-refractivity contribution in [3.8, 4) is 5.69 Å². The third-order valence-corrected chi connectivity index (χ3v) is 5.51. The van der Waals surface area contributed by atoms with Crippen molar-refractivity contribution >= 4 is 16.8 Å². The minimum absolute atomic E-state index is 0.0745. The highest BCUT2D eigenvalue weighted by molar-refractivity contribution is 5.97. The number of hydrogen-bond acceptors (Lipinski definition) is 4. The molecule has 4 aromatic rings. The van der Waals surface area contributed by atoms with Crippen LogP contribution in [-0.2, 0) is 13.1 Å². The van der Waals surface area contributed by atoms with Gasteiger partial charge in [-0.3, -0.25) is 14.2 Å². The summed E-state index contributed by atoms with van der Waals surface area (Å²) in [6.45, 7) is 12.2. The van der Waals surface area contributed by atoms with Crippen molar-refractivity contribution in [3.63, 3.8) is 0 Å². The summed E-state index contributed by atoms with van der Waals surface area (Å²) in [5.41, 5.74) is 5.71. The first-order valence-electron chi connectivity index (χ1n) is 10.1. The zero-order valence-corrected chi connectivity index (χ0v) is 18.2. The highest BCUT2D eigenvalue weighted by Gasteiger charge is 2.18. The summed E-state index contributed by atoms with van der Waals surface area (Å²) in [7, 11) is 0. The molecule has 0 saturated carbocycles. The number of benzene rings is 1. The fourth-order valence-electron chi connectivity index (χ4n) is 4.06. The molecule has 0 N–H and O–H groups in total. The number of ketones is 1. The van der Waals surface area contributed by atoms with E-state index in [1.807, 2.05) is 50.5 Å². The predicted molar refractivity (Wildman–Crippen MR) is 121 cm³/mol. The van der Waals surface area contributed by atoms with Crippen molar-refractivity contribution in [2.75, 3.05) is 0 Å². The molecule has 0 aliphatic heterocycles. The van der Waals surface area contributed by atoms with E-state index >= 15 is 0 Å². The van der Waals surface area contributed by atoms with Gasteiger partial charge in [-0.2, -0.15) is 5.10 Å². The maximum atomic E-state index is 13.0. The number of aromatic nitrogens is 5. The quantitative estimate of drug-likeness (QED) is 0.356. The second-order valence-electron chi connectivity index (χ2n) is 7.92. The molecule has 0 radical (unpaired) electrons. The van der Waals surface area contributed by atoms with Gasteiger partial charge in [-0.25, -0.2) is 9.67 Å². The molecule has 7 heteroatoms. The van der Waals surface area contributed by atoms with Gasteiger partial charge in [-0.15, -0.1) is 6.58 Å². The van der Waals surface area contributed by atoms with Crippen LogP contribution in [0.1, 0.15) is 32.9 Å². The fourth-order valence-corrected chi connectivity index (χ4v) is 4.06. The molecule has 158 valence electrons. The highest BCUT2D eigenvalue weighted by Crippen LogP contribution is 2.18. The van der Waals surface area contributed by atoms with Gasteiger partial charge in [-0.05, 0) is 57.0 Å². The molecule has 0 bridgehead atoms. The van der Waals surface area contributed by atoms with Crippen molar-refractivity contribution in [1.29, 1.82) is 0 Å². The van der Waals surface area contributed by atoms with Gasteiger partial charge in [0.1, 0.15) is 11.7 Å². The van der Waals surface area contributed by atoms with Crippen molar-refractivity contribution in [3.05, 3.63) is 87.9 Å². The van der Waals surface area contributed by atoms with Gasteiger partial charge in [-0.1, -0.05) is 12.1 Å². The molecule has 31 heavy (non-hydrogen) atoms. The number of Topliss-reactive ketones (excluding diaryl/α,β-unsaturated/α-hetero) is 1. The van der Waals surface area contributed by atoms with Gasteiger partial charge in [0, 0.05) is 23.5 Å². The van der Waals surface area contributed by atoms with Gasteiger partial charge in [0.2, 0.25) is 0 Å². The van der Waals surface area contributed by atoms with E-state index in [9.17, 15) is 9.59 Å². The van der Waals surface area contributed by atoms with E-state index in [4.69, 9.17) is 0 Å². The Morgan fingerprint density at radius 1 is 1.10 bits per heavy atom. The molecule has 4 rings (SSSR count). The van der Waals surface area contributed by atoms with Crippen LogP contribution in [0.4, 0.5) is 0 Å². The highest BCUT2D eigenvalue weighted by atomic mass is 16.1. The number of rotatable bonds is 6.